The molecule has 1 fully saturated rings. The van der Waals surface area contributed by atoms with E-state index in [1.165, 1.54) is 13.3 Å². The molecule has 0 N–H and O–H groups in total. The van der Waals surface area contributed by atoms with Crippen molar-refractivity contribution in [2.24, 2.45) is 5.92 Å². The minimum atomic E-state index is -0.0388. The molecular formula is C20H30N2O4. The Balaban J connectivity index is 1.75. The lowest BCUT2D eigenvalue weighted by molar-refractivity contribution is -0.134. The van der Waals surface area contributed by atoms with Crippen LogP contribution in [0.1, 0.15) is 33.1 Å². The lowest BCUT2D eigenvalue weighted by Gasteiger charge is -2.31. The van der Waals surface area contributed by atoms with Gasteiger partial charge < -0.3 is 19.3 Å². The van der Waals surface area contributed by atoms with Gasteiger partial charge in [0.15, 0.2) is 0 Å². The number of rotatable bonds is 8. The van der Waals surface area contributed by atoms with Crippen LogP contribution in [0, 0.1) is 5.92 Å². The molecular weight excluding hydrogens is 332 g/mol. The van der Waals surface area contributed by atoms with Crippen LogP contribution in [0.2, 0.25) is 0 Å². The van der Waals surface area contributed by atoms with Crippen LogP contribution in [0.25, 0.3) is 0 Å². The third kappa shape index (κ3) is 6.24. The molecule has 2 amide bonds. The van der Waals surface area contributed by atoms with E-state index in [0.29, 0.717) is 32.0 Å². The van der Waals surface area contributed by atoms with Crippen molar-refractivity contribution >= 4 is 11.8 Å². The van der Waals surface area contributed by atoms with Gasteiger partial charge in [0, 0.05) is 33.0 Å². The second-order valence-corrected chi connectivity index (χ2v) is 6.87. The number of likely N-dealkylation sites (tertiary alicyclic amines) is 1. The molecule has 1 atom stereocenters. The Labute approximate surface area is 156 Å². The Kier molecular flexibility index (Phi) is 7.75. The van der Waals surface area contributed by atoms with E-state index in [-0.39, 0.29) is 11.8 Å². The zero-order valence-corrected chi connectivity index (χ0v) is 16.1. The molecule has 6 heteroatoms. The van der Waals surface area contributed by atoms with Crippen LogP contribution in [0.4, 0.5) is 0 Å². The zero-order valence-electron chi connectivity index (χ0n) is 16.1. The van der Waals surface area contributed by atoms with E-state index in [4.69, 9.17) is 9.47 Å². The lowest BCUT2D eigenvalue weighted by atomic mass is 10.00. The van der Waals surface area contributed by atoms with Crippen molar-refractivity contribution in [2.45, 2.75) is 33.1 Å². The van der Waals surface area contributed by atoms with E-state index in [2.05, 4.69) is 6.92 Å². The summed E-state index contributed by atoms with van der Waals surface area (Å²) in [6.07, 6.45) is 2.62. The first-order valence-corrected chi connectivity index (χ1v) is 9.29. The molecule has 1 saturated heterocycles. The number of benzene rings is 1. The molecule has 0 bridgehead atoms. The smallest absolute Gasteiger partial charge is 0.224 e. The van der Waals surface area contributed by atoms with Gasteiger partial charge in [-0.15, -0.1) is 0 Å². The van der Waals surface area contributed by atoms with Crippen molar-refractivity contribution in [3.63, 3.8) is 0 Å². The maximum Gasteiger partial charge on any atom is 0.224 e. The zero-order chi connectivity index (χ0) is 18.9. The number of hydrogen-bond donors (Lipinski definition) is 0. The molecule has 0 saturated carbocycles. The van der Waals surface area contributed by atoms with Gasteiger partial charge in [-0.25, -0.2) is 0 Å². The highest BCUT2D eigenvalue weighted by molar-refractivity contribution is 5.78. The van der Waals surface area contributed by atoms with Crippen LogP contribution in [-0.4, -0.2) is 61.5 Å². The summed E-state index contributed by atoms with van der Waals surface area (Å²) in [5.74, 6) is 2.16. The molecule has 144 valence electrons. The SMILES string of the molecule is COc1ccc(OCCN(CCC(=O)N2CCCC(C)C2)C(C)=O)cc1. The summed E-state index contributed by atoms with van der Waals surface area (Å²) < 4.78 is 10.8. The van der Waals surface area contributed by atoms with E-state index in [1.54, 1.807) is 12.0 Å². The summed E-state index contributed by atoms with van der Waals surface area (Å²) in [5, 5.41) is 0. The van der Waals surface area contributed by atoms with Gasteiger partial charge in [-0.05, 0) is 43.0 Å². The van der Waals surface area contributed by atoms with Gasteiger partial charge in [0.2, 0.25) is 11.8 Å². The van der Waals surface area contributed by atoms with Crippen LogP contribution < -0.4 is 9.47 Å². The van der Waals surface area contributed by atoms with E-state index in [0.717, 1.165) is 31.0 Å². The average Bonchev–Trinajstić information content (AvgIpc) is 2.64. The number of piperidine rings is 1. The summed E-state index contributed by atoms with van der Waals surface area (Å²) in [6, 6.07) is 7.32. The molecule has 0 radical (unpaired) electrons. The van der Waals surface area contributed by atoms with E-state index >= 15 is 0 Å². The first-order valence-electron chi connectivity index (χ1n) is 9.29. The molecule has 6 nitrogen and oxygen atoms in total. The summed E-state index contributed by atoms with van der Waals surface area (Å²) >= 11 is 0. The van der Waals surface area contributed by atoms with Crippen LogP contribution >= 0.6 is 0 Å². The molecule has 0 spiro atoms. The largest absolute Gasteiger partial charge is 0.497 e. The predicted octanol–water partition coefficient (Wildman–Crippen LogP) is 2.57. The van der Waals surface area contributed by atoms with Gasteiger partial charge in [0.1, 0.15) is 18.1 Å². The lowest BCUT2D eigenvalue weighted by Crippen LogP contribution is -2.41. The molecule has 1 unspecified atom stereocenters. The second kappa shape index (κ2) is 10.0. The van der Waals surface area contributed by atoms with Gasteiger partial charge in [-0.1, -0.05) is 6.92 Å². The van der Waals surface area contributed by atoms with Crippen molar-refractivity contribution in [3.05, 3.63) is 24.3 Å². The Morgan fingerprint density at radius 3 is 2.50 bits per heavy atom. The standard InChI is InChI=1S/C20H30N2O4/c1-16-5-4-11-22(15-16)20(24)10-12-21(17(2)23)13-14-26-19-8-6-18(25-3)7-9-19/h6-9,16H,4-5,10-15H2,1-3H3. The normalized spacial score (nSPS) is 16.9. The van der Waals surface area contributed by atoms with Crippen molar-refractivity contribution < 1.29 is 19.1 Å². The number of carbonyl (C=O) groups is 2. The van der Waals surface area contributed by atoms with Crippen LogP contribution in [0.3, 0.4) is 0 Å². The minimum absolute atomic E-state index is 0.0388. The van der Waals surface area contributed by atoms with Crippen molar-refractivity contribution in [2.75, 3.05) is 39.9 Å². The first-order chi connectivity index (χ1) is 12.5. The summed E-state index contributed by atoms with van der Waals surface area (Å²) in [7, 11) is 1.62. The molecule has 0 aromatic heterocycles. The van der Waals surface area contributed by atoms with E-state index in [9.17, 15) is 9.59 Å². The highest BCUT2D eigenvalue weighted by Crippen LogP contribution is 2.17. The fraction of sp³-hybridized carbons (Fsp3) is 0.600. The van der Waals surface area contributed by atoms with Gasteiger partial charge >= 0.3 is 0 Å². The van der Waals surface area contributed by atoms with Gasteiger partial charge in [0.25, 0.3) is 0 Å². The topological polar surface area (TPSA) is 59.1 Å². The quantitative estimate of drug-likeness (QED) is 0.713. The number of methoxy groups -OCH3 is 1. The number of carbonyl (C=O) groups excluding carboxylic acids is 2. The maximum absolute atomic E-state index is 12.4. The first kappa shape index (κ1) is 20.1. The van der Waals surface area contributed by atoms with Gasteiger partial charge in [0.05, 0.1) is 13.7 Å². The van der Waals surface area contributed by atoms with Gasteiger partial charge in [-0.3, -0.25) is 9.59 Å². The molecule has 1 heterocycles. The van der Waals surface area contributed by atoms with Crippen LogP contribution in [-0.2, 0) is 9.59 Å². The van der Waals surface area contributed by atoms with Gasteiger partial charge in [-0.2, -0.15) is 0 Å². The molecule has 0 aliphatic carbocycles. The van der Waals surface area contributed by atoms with Crippen LogP contribution in [0.15, 0.2) is 24.3 Å². The highest BCUT2D eigenvalue weighted by Gasteiger charge is 2.21. The Morgan fingerprint density at radius 1 is 1.19 bits per heavy atom. The molecule has 1 aromatic rings. The second-order valence-electron chi connectivity index (χ2n) is 6.87. The third-order valence-electron chi connectivity index (χ3n) is 4.74. The summed E-state index contributed by atoms with van der Waals surface area (Å²) in [6.45, 7) is 6.67. The Morgan fingerprint density at radius 2 is 1.88 bits per heavy atom. The van der Waals surface area contributed by atoms with Crippen molar-refractivity contribution in [1.82, 2.24) is 9.80 Å². The van der Waals surface area contributed by atoms with Crippen molar-refractivity contribution in [1.29, 1.82) is 0 Å². The Bertz CT molecular complexity index is 588. The van der Waals surface area contributed by atoms with Crippen LogP contribution in [0.5, 0.6) is 11.5 Å². The summed E-state index contributed by atoms with van der Waals surface area (Å²) in [4.78, 5) is 27.8. The number of amides is 2. The number of nitrogens with zero attached hydrogens (tertiary/aromatic N) is 2. The molecule has 1 aliphatic rings. The molecule has 1 aliphatic heterocycles. The third-order valence-corrected chi connectivity index (χ3v) is 4.74. The fourth-order valence-corrected chi connectivity index (χ4v) is 3.18. The van der Waals surface area contributed by atoms with E-state index in [1.807, 2.05) is 29.2 Å². The van der Waals surface area contributed by atoms with E-state index < -0.39 is 0 Å². The minimum Gasteiger partial charge on any atom is -0.497 e. The highest BCUT2D eigenvalue weighted by atomic mass is 16.5. The Hall–Kier alpha value is -2.24. The molecule has 26 heavy (non-hydrogen) atoms. The molecule has 1 aromatic carbocycles. The number of hydrogen-bond acceptors (Lipinski definition) is 4. The van der Waals surface area contributed by atoms with Crippen molar-refractivity contribution in [3.8, 4) is 11.5 Å². The maximum atomic E-state index is 12.4. The summed E-state index contributed by atoms with van der Waals surface area (Å²) in [5.41, 5.74) is 0. The monoisotopic (exact) mass is 362 g/mol. The predicted molar refractivity (Wildman–Crippen MR) is 100 cm³/mol. The fourth-order valence-electron chi connectivity index (χ4n) is 3.18. The number of ether oxygens (including phenoxy) is 2. The average molecular weight is 362 g/mol. The molecule has 2 rings (SSSR count).